The van der Waals surface area contributed by atoms with Gasteiger partial charge in [-0.1, -0.05) is 0 Å². The van der Waals surface area contributed by atoms with Crippen LogP contribution >= 0.6 is 0 Å². The largest absolute Gasteiger partial charge is 0.353 e. The Morgan fingerprint density at radius 2 is 1.81 bits per heavy atom. The highest BCUT2D eigenvalue weighted by molar-refractivity contribution is 5.98. The van der Waals surface area contributed by atoms with Crippen LogP contribution < -0.4 is 5.32 Å². The summed E-state index contributed by atoms with van der Waals surface area (Å²) in [5, 5.41) is 8.44. The molecule has 3 heterocycles. The Morgan fingerprint density at radius 3 is 2.46 bits per heavy atom. The van der Waals surface area contributed by atoms with Crippen molar-refractivity contribution in [3.05, 3.63) is 23.0 Å². The van der Waals surface area contributed by atoms with Crippen molar-refractivity contribution in [2.24, 2.45) is 13.0 Å². The molecule has 1 N–H and O–H groups in total. The van der Waals surface area contributed by atoms with E-state index in [4.69, 9.17) is 0 Å². The van der Waals surface area contributed by atoms with Crippen molar-refractivity contribution in [1.82, 2.24) is 25.0 Å². The number of hydrogen-bond donors (Lipinski definition) is 1. The fourth-order valence-electron chi connectivity index (χ4n) is 3.71. The minimum absolute atomic E-state index is 0.0205. The van der Waals surface area contributed by atoms with Crippen LogP contribution in [-0.2, 0) is 11.8 Å². The standard InChI is InChI=1S/C19H25N5O2/c1-11-16(10-15-12(2)22-23(3)17(15)20-11)19(26)24-8-6-14(7-9-24)21-18(25)13-4-5-13/h10,13-14H,4-9H2,1-3H3,(H,21,25). The van der Waals surface area contributed by atoms with E-state index < -0.39 is 0 Å². The summed E-state index contributed by atoms with van der Waals surface area (Å²) in [5.74, 6) is 0.442. The van der Waals surface area contributed by atoms with E-state index in [1.807, 2.05) is 31.9 Å². The average Bonchev–Trinajstić information content (AvgIpc) is 3.42. The average molecular weight is 355 g/mol. The van der Waals surface area contributed by atoms with Gasteiger partial charge in [0.2, 0.25) is 5.91 Å². The van der Waals surface area contributed by atoms with Crippen LogP contribution in [0.4, 0.5) is 0 Å². The second kappa shape index (κ2) is 6.37. The summed E-state index contributed by atoms with van der Waals surface area (Å²) in [6, 6.07) is 2.11. The Hall–Kier alpha value is -2.44. The zero-order chi connectivity index (χ0) is 18.4. The molecule has 26 heavy (non-hydrogen) atoms. The molecule has 1 saturated heterocycles. The van der Waals surface area contributed by atoms with E-state index in [1.165, 1.54) is 0 Å². The van der Waals surface area contributed by atoms with Crippen LogP contribution in [0.15, 0.2) is 6.07 Å². The van der Waals surface area contributed by atoms with E-state index >= 15 is 0 Å². The zero-order valence-electron chi connectivity index (χ0n) is 15.6. The molecule has 0 aromatic carbocycles. The Labute approximate surface area is 152 Å². The highest BCUT2D eigenvalue weighted by Gasteiger charge is 2.32. The van der Waals surface area contributed by atoms with E-state index in [1.54, 1.807) is 4.68 Å². The van der Waals surface area contributed by atoms with Gasteiger partial charge in [-0.2, -0.15) is 5.10 Å². The van der Waals surface area contributed by atoms with Crippen LogP contribution in [0.3, 0.4) is 0 Å². The van der Waals surface area contributed by atoms with Crippen molar-refractivity contribution in [3.8, 4) is 0 Å². The Morgan fingerprint density at radius 1 is 1.12 bits per heavy atom. The molecule has 0 atom stereocenters. The molecule has 0 radical (unpaired) electrons. The Bertz CT molecular complexity index is 876. The number of carbonyl (C=O) groups excluding carboxylic acids is 2. The van der Waals surface area contributed by atoms with E-state index in [0.717, 1.165) is 48.1 Å². The predicted octanol–water partition coefficient (Wildman–Crippen LogP) is 1.72. The fourth-order valence-corrected chi connectivity index (χ4v) is 3.71. The number of carbonyl (C=O) groups is 2. The van der Waals surface area contributed by atoms with Crippen LogP contribution in [0.25, 0.3) is 11.0 Å². The summed E-state index contributed by atoms with van der Waals surface area (Å²) in [6.07, 6.45) is 3.66. The van der Waals surface area contributed by atoms with Crippen molar-refractivity contribution < 1.29 is 9.59 Å². The van der Waals surface area contributed by atoms with Gasteiger partial charge in [0.1, 0.15) is 0 Å². The lowest BCUT2D eigenvalue weighted by Crippen LogP contribution is -2.47. The van der Waals surface area contributed by atoms with Gasteiger partial charge in [-0.25, -0.2) is 4.98 Å². The van der Waals surface area contributed by atoms with E-state index in [9.17, 15) is 9.59 Å². The lowest BCUT2D eigenvalue weighted by Gasteiger charge is -2.32. The first-order valence-corrected chi connectivity index (χ1v) is 9.34. The summed E-state index contributed by atoms with van der Waals surface area (Å²) < 4.78 is 1.75. The molecule has 7 nitrogen and oxygen atoms in total. The van der Waals surface area contributed by atoms with Gasteiger partial charge in [-0.3, -0.25) is 14.3 Å². The normalized spacial score (nSPS) is 18.3. The number of nitrogens with zero attached hydrogens (tertiary/aromatic N) is 4. The Kier molecular flexibility index (Phi) is 4.17. The molecule has 0 spiro atoms. The van der Waals surface area contributed by atoms with Crippen LogP contribution in [0.2, 0.25) is 0 Å². The molecule has 4 rings (SSSR count). The minimum atomic E-state index is 0.0205. The summed E-state index contributed by atoms with van der Waals surface area (Å²) in [4.78, 5) is 31.4. The van der Waals surface area contributed by atoms with Crippen molar-refractivity contribution in [2.45, 2.75) is 45.6 Å². The molecular formula is C19H25N5O2. The molecule has 1 aliphatic carbocycles. The molecule has 2 aromatic heterocycles. The van der Waals surface area contributed by atoms with Crippen LogP contribution in [0.1, 0.15) is 47.4 Å². The number of aryl methyl sites for hydroxylation is 3. The number of fused-ring (bicyclic) bond motifs is 1. The summed E-state index contributed by atoms with van der Waals surface area (Å²) in [6.45, 7) is 5.13. The maximum atomic E-state index is 13.0. The van der Waals surface area contributed by atoms with Gasteiger partial charge in [0.25, 0.3) is 5.91 Å². The number of piperidine rings is 1. The summed E-state index contributed by atoms with van der Waals surface area (Å²) >= 11 is 0. The second-order valence-corrected chi connectivity index (χ2v) is 7.55. The number of amides is 2. The third-order valence-electron chi connectivity index (χ3n) is 5.50. The predicted molar refractivity (Wildman–Crippen MR) is 97.8 cm³/mol. The number of hydrogen-bond acceptors (Lipinski definition) is 4. The van der Waals surface area contributed by atoms with Crippen molar-refractivity contribution >= 4 is 22.8 Å². The third-order valence-corrected chi connectivity index (χ3v) is 5.50. The highest BCUT2D eigenvalue weighted by Crippen LogP contribution is 2.29. The van der Waals surface area contributed by atoms with Crippen LogP contribution in [0.5, 0.6) is 0 Å². The van der Waals surface area contributed by atoms with E-state index in [2.05, 4.69) is 15.4 Å². The maximum absolute atomic E-state index is 13.0. The van der Waals surface area contributed by atoms with Gasteiger partial charge in [0.05, 0.1) is 17.0 Å². The van der Waals surface area contributed by atoms with Gasteiger partial charge in [0, 0.05) is 37.5 Å². The smallest absolute Gasteiger partial charge is 0.255 e. The monoisotopic (exact) mass is 355 g/mol. The van der Waals surface area contributed by atoms with Gasteiger partial charge in [0.15, 0.2) is 5.65 Å². The summed E-state index contributed by atoms with van der Waals surface area (Å²) in [5.41, 5.74) is 3.06. The first-order valence-electron chi connectivity index (χ1n) is 9.34. The fraction of sp³-hybridized carbons (Fsp3) is 0.579. The maximum Gasteiger partial charge on any atom is 0.255 e. The van der Waals surface area contributed by atoms with Gasteiger partial charge >= 0.3 is 0 Å². The first kappa shape index (κ1) is 17.0. The van der Waals surface area contributed by atoms with Gasteiger partial charge in [-0.15, -0.1) is 0 Å². The number of rotatable bonds is 3. The highest BCUT2D eigenvalue weighted by atomic mass is 16.2. The SMILES string of the molecule is Cc1nc2c(cc1C(=O)N1CCC(NC(=O)C3CC3)CC1)c(C)nn2C. The first-order chi connectivity index (χ1) is 12.4. The van der Waals surface area contributed by atoms with Crippen molar-refractivity contribution in [1.29, 1.82) is 0 Å². The Balaban J connectivity index is 1.46. The molecular weight excluding hydrogens is 330 g/mol. The lowest BCUT2D eigenvalue weighted by molar-refractivity contribution is -0.123. The number of nitrogens with one attached hydrogen (secondary N) is 1. The van der Waals surface area contributed by atoms with Crippen molar-refractivity contribution in [2.75, 3.05) is 13.1 Å². The van der Waals surface area contributed by atoms with Gasteiger partial charge < -0.3 is 10.2 Å². The quantitative estimate of drug-likeness (QED) is 0.909. The second-order valence-electron chi connectivity index (χ2n) is 7.55. The molecule has 2 aliphatic rings. The number of aromatic nitrogens is 3. The topological polar surface area (TPSA) is 80.1 Å². The molecule has 7 heteroatoms. The molecule has 2 aromatic rings. The minimum Gasteiger partial charge on any atom is -0.353 e. The van der Waals surface area contributed by atoms with Crippen LogP contribution in [0, 0.1) is 19.8 Å². The van der Waals surface area contributed by atoms with E-state index in [0.29, 0.717) is 18.7 Å². The molecule has 2 amide bonds. The molecule has 0 bridgehead atoms. The molecule has 2 fully saturated rings. The molecule has 1 aliphatic heterocycles. The molecule has 1 saturated carbocycles. The molecule has 0 unspecified atom stereocenters. The van der Waals surface area contributed by atoms with Crippen molar-refractivity contribution in [3.63, 3.8) is 0 Å². The van der Waals surface area contributed by atoms with E-state index in [-0.39, 0.29) is 23.8 Å². The summed E-state index contributed by atoms with van der Waals surface area (Å²) in [7, 11) is 1.87. The van der Waals surface area contributed by atoms with Crippen LogP contribution in [-0.4, -0.2) is 50.6 Å². The number of pyridine rings is 1. The van der Waals surface area contributed by atoms with Gasteiger partial charge in [-0.05, 0) is 45.6 Å². The molecule has 138 valence electrons. The number of likely N-dealkylation sites (tertiary alicyclic amines) is 1. The lowest BCUT2D eigenvalue weighted by atomic mass is 10.0. The third kappa shape index (κ3) is 3.06. The zero-order valence-corrected chi connectivity index (χ0v) is 15.6.